The van der Waals surface area contributed by atoms with E-state index in [0.717, 1.165) is 11.8 Å². The summed E-state index contributed by atoms with van der Waals surface area (Å²) in [6.45, 7) is 0.415. The summed E-state index contributed by atoms with van der Waals surface area (Å²) < 4.78 is 38.0. The second-order valence-corrected chi connectivity index (χ2v) is 4.90. The molecule has 0 N–H and O–H groups in total. The third-order valence-corrected chi connectivity index (χ3v) is 3.12. The van der Waals surface area contributed by atoms with E-state index in [1.165, 1.54) is 6.07 Å². The zero-order valence-corrected chi connectivity index (χ0v) is 11.7. The first-order chi connectivity index (χ1) is 9.29. The number of pyridine rings is 1. The van der Waals surface area contributed by atoms with Crippen molar-refractivity contribution in [1.82, 2.24) is 9.88 Å². The lowest BCUT2D eigenvalue weighted by atomic mass is 10.2. The molecule has 0 unspecified atom stereocenters. The Balaban J connectivity index is 2.29. The minimum Gasteiger partial charge on any atom is -0.378 e. The van der Waals surface area contributed by atoms with Gasteiger partial charge in [0.25, 0.3) is 0 Å². The Hall–Kier alpha value is -1.69. The van der Waals surface area contributed by atoms with Gasteiger partial charge in [0.2, 0.25) is 0 Å². The second-order valence-electron chi connectivity index (χ2n) is 4.49. The molecular weight excluding hydrogens is 291 g/mol. The average molecular weight is 304 g/mol. The molecule has 0 spiro atoms. The van der Waals surface area contributed by atoms with Gasteiger partial charge in [-0.1, -0.05) is 11.6 Å². The Kier molecular flexibility index (Phi) is 3.94. The molecule has 1 aliphatic heterocycles. The number of aromatic nitrogens is 1. The average Bonchev–Trinajstić information content (AvgIpc) is 2.38. The molecule has 0 saturated heterocycles. The smallest absolute Gasteiger partial charge is 0.378 e. The summed E-state index contributed by atoms with van der Waals surface area (Å²) in [5.41, 5.74) is 0.0250. The molecule has 0 radical (unpaired) electrons. The lowest BCUT2D eigenvalue weighted by Crippen LogP contribution is -2.24. The predicted octanol–water partition coefficient (Wildman–Crippen LogP) is 3.53. The van der Waals surface area contributed by atoms with E-state index in [0.29, 0.717) is 6.54 Å². The molecule has 0 aliphatic carbocycles. The van der Waals surface area contributed by atoms with Gasteiger partial charge in [0.1, 0.15) is 5.69 Å². The number of rotatable bonds is 2. The van der Waals surface area contributed by atoms with Crippen LogP contribution < -0.4 is 4.90 Å². The van der Waals surface area contributed by atoms with E-state index in [9.17, 15) is 13.2 Å². The third-order valence-electron chi connectivity index (χ3n) is 2.83. The van der Waals surface area contributed by atoms with Crippen LogP contribution in [0.1, 0.15) is 5.69 Å². The predicted molar refractivity (Wildman–Crippen MR) is 72.5 cm³/mol. The highest BCUT2D eigenvalue weighted by Crippen LogP contribution is 2.33. The van der Waals surface area contributed by atoms with Crippen LogP contribution in [0.25, 0.3) is 0 Å². The van der Waals surface area contributed by atoms with E-state index in [2.05, 4.69) is 4.98 Å². The van der Waals surface area contributed by atoms with Gasteiger partial charge in [-0.3, -0.25) is 0 Å². The Morgan fingerprint density at radius 2 is 2.00 bits per heavy atom. The number of hydrogen-bond donors (Lipinski definition) is 0. The number of allylic oxidation sites excluding steroid dienone is 1. The molecule has 0 bridgehead atoms. The van der Waals surface area contributed by atoms with Crippen molar-refractivity contribution in [1.29, 1.82) is 0 Å². The third kappa shape index (κ3) is 3.07. The molecule has 0 fully saturated rings. The number of anilines is 1. The van der Waals surface area contributed by atoms with Gasteiger partial charge in [0.05, 0.1) is 5.02 Å². The van der Waals surface area contributed by atoms with Crippen molar-refractivity contribution in [2.24, 2.45) is 0 Å². The lowest BCUT2D eigenvalue weighted by molar-refractivity contribution is -0.141. The van der Waals surface area contributed by atoms with Gasteiger partial charge in [-0.05, 0) is 24.3 Å². The second kappa shape index (κ2) is 5.36. The molecule has 0 amide bonds. The molecule has 1 aromatic heterocycles. The Labute approximate surface area is 120 Å². The van der Waals surface area contributed by atoms with Gasteiger partial charge in [-0.2, -0.15) is 13.2 Å². The van der Waals surface area contributed by atoms with Crippen molar-refractivity contribution in [3.05, 3.63) is 46.9 Å². The van der Waals surface area contributed by atoms with Crippen LogP contribution in [-0.2, 0) is 6.18 Å². The molecule has 0 aromatic carbocycles. The number of halogens is 4. The van der Waals surface area contributed by atoms with Crippen LogP contribution in [-0.4, -0.2) is 30.5 Å². The first kappa shape index (κ1) is 14.7. The Morgan fingerprint density at radius 3 is 2.50 bits per heavy atom. The first-order valence-electron chi connectivity index (χ1n) is 5.85. The van der Waals surface area contributed by atoms with Crippen LogP contribution in [0, 0.1) is 0 Å². The first-order valence-corrected chi connectivity index (χ1v) is 6.23. The zero-order valence-electron chi connectivity index (χ0n) is 10.9. The van der Waals surface area contributed by atoms with Gasteiger partial charge >= 0.3 is 6.18 Å². The molecule has 7 heteroatoms. The van der Waals surface area contributed by atoms with Crippen molar-refractivity contribution in [3.63, 3.8) is 0 Å². The molecule has 20 heavy (non-hydrogen) atoms. The molecule has 108 valence electrons. The molecule has 2 heterocycles. The standard InChI is InChI=1S/C13H13ClF3N3/c1-19(2)9-5-7-20(8-6-9)12-10(14)3-4-11(18-12)13(15,16)17/h3-7H,8H2,1-2H3. The van der Waals surface area contributed by atoms with Crippen molar-refractivity contribution in [2.45, 2.75) is 6.18 Å². The lowest BCUT2D eigenvalue weighted by Gasteiger charge is -2.25. The highest BCUT2D eigenvalue weighted by molar-refractivity contribution is 6.33. The van der Waals surface area contributed by atoms with Gasteiger partial charge in [-0.25, -0.2) is 4.98 Å². The maximum absolute atomic E-state index is 12.7. The molecular formula is C13H13ClF3N3. The maximum Gasteiger partial charge on any atom is 0.433 e. The van der Waals surface area contributed by atoms with E-state index in [4.69, 9.17) is 11.6 Å². The fraction of sp³-hybridized carbons (Fsp3) is 0.308. The zero-order chi connectivity index (χ0) is 14.9. The summed E-state index contributed by atoms with van der Waals surface area (Å²) in [6.07, 6.45) is 0.868. The van der Waals surface area contributed by atoms with E-state index in [1.54, 1.807) is 17.2 Å². The van der Waals surface area contributed by atoms with Gasteiger partial charge < -0.3 is 9.80 Å². The van der Waals surface area contributed by atoms with E-state index < -0.39 is 11.9 Å². The normalized spacial score (nSPS) is 15.3. The summed E-state index contributed by atoms with van der Waals surface area (Å²) in [5, 5.41) is 0.185. The minimum atomic E-state index is -4.48. The molecule has 1 aromatic rings. The molecule has 3 nitrogen and oxygen atoms in total. The van der Waals surface area contributed by atoms with Crippen LogP contribution in [0.5, 0.6) is 0 Å². The van der Waals surface area contributed by atoms with Crippen LogP contribution in [0.15, 0.2) is 36.2 Å². The number of likely N-dealkylation sites (N-methyl/N-ethyl adjacent to an activating group) is 1. The number of alkyl halides is 3. The van der Waals surface area contributed by atoms with E-state index in [1.807, 2.05) is 25.1 Å². The van der Waals surface area contributed by atoms with Crippen LogP contribution in [0.2, 0.25) is 5.02 Å². The summed E-state index contributed by atoms with van der Waals surface area (Å²) in [4.78, 5) is 7.10. The van der Waals surface area contributed by atoms with Crippen molar-refractivity contribution in [3.8, 4) is 0 Å². The molecule has 0 saturated carbocycles. The Morgan fingerprint density at radius 1 is 1.30 bits per heavy atom. The van der Waals surface area contributed by atoms with Gasteiger partial charge in [0.15, 0.2) is 5.82 Å². The van der Waals surface area contributed by atoms with E-state index in [-0.39, 0.29) is 10.8 Å². The summed E-state index contributed by atoms with van der Waals surface area (Å²) >= 11 is 5.94. The summed E-state index contributed by atoms with van der Waals surface area (Å²) in [7, 11) is 3.78. The molecule has 2 rings (SSSR count). The maximum atomic E-state index is 12.7. The largest absolute Gasteiger partial charge is 0.433 e. The van der Waals surface area contributed by atoms with Crippen LogP contribution >= 0.6 is 11.6 Å². The highest BCUT2D eigenvalue weighted by Gasteiger charge is 2.33. The Bertz CT molecular complexity index is 564. The quantitative estimate of drug-likeness (QED) is 0.833. The van der Waals surface area contributed by atoms with Crippen LogP contribution in [0.4, 0.5) is 19.0 Å². The van der Waals surface area contributed by atoms with E-state index >= 15 is 0 Å². The van der Waals surface area contributed by atoms with Crippen molar-refractivity contribution in [2.75, 3.05) is 25.5 Å². The number of nitrogens with zero attached hydrogens (tertiary/aromatic N) is 3. The summed E-state index contributed by atoms with van der Waals surface area (Å²) in [5.74, 6) is 0.104. The SMILES string of the molecule is CN(C)C1=CCN(c2nc(C(F)(F)F)ccc2Cl)C=C1. The fourth-order valence-corrected chi connectivity index (χ4v) is 1.98. The van der Waals surface area contributed by atoms with Gasteiger partial charge in [-0.15, -0.1) is 0 Å². The number of hydrogen-bond acceptors (Lipinski definition) is 3. The summed E-state index contributed by atoms with van der Waals surface area (Å²) in [6, 6.07) is 2.09. The molecule has 0 atom stereocenters. The minimum absolute atomic E-state index is 0.104. The monoisotopic (exact) mass is 303 g/mol. The van der Waals surface area contributed by atoms with Crippen molar-refractivity contribution < 1.29 is 13.2 Å². The van der Waals surface area contributed by atoms with Gasteiger partial charge in [0, 0.05) is 32.5 Å². The topological polar surface area (TPSA) is 19.4 Å². The molecule has 1 aliphatic rings. The van der Waals surface area contributed by atoms with Crippen LogP contribution in [0.3, 0.4) is 0 Å². The highest BCUT2D eigenvalue weighted by atomic mass is 35.5. The fourth-order valence-electron chi connectivity index (χ4n) is 1.77. The van der Waals surface area contributed by atoms with Crippen molar-refractivity contribution >= 4 is 17.4 Å².